The molecule has 0 aromatic heterocycles. The molecule has 0 spiro atoms. The van der Waals surface area contributed by atoms with Crippen molar-refractivity contribution in [1.82, 2.24) is 0 Å². The number of benzene rings is 3. The molecule has 105 heavy (non-hydrogen) atoms. The summed E-state index contributed by atoms with van der Waals surface area (Å²) < 4.78 is 93.9. The Morgan fingerprint density at radius 1 is 0.324 bits per heavy atom. The molecule has 19 unspecified atom stereocenters. The molecule has 16 N–H and O–H groups in total. The Morgan fingerprint density at radius 3 is 0.876 bits per heavy atom. The first-order valence-electron chi connectivity index (χ1n) is 35.6. The van der Waals surface area contributed by atoms with E-state index < -0.39 is 164 Å². The lowest BCUT2D eigenvalue weighted by Gasteiger charge is -2.36. The van der Waals surface area contributed by atoms with Crippen LogP contribution < -0.4 is 5.73 Å². The summed E-state index contributed by atoms with van der Waals surface area (Å²) >= 11 is 0. The van der Waals surface area contributed by atoms with Gasteiger partial charge in [0, 0.05) is 56.7 Å². The van der Waals surface area contributed by atoms with Crippen molar-refractivity contribution in [1.29, 1.82) is 0 Å². The topological polar surface area (TPSA) is 457 Å². The van der Waals surface area contributed by atoms with Crippen LogP contribution in [-0.2, 0) is 75.8 Å². The lowest BCUT2D eigenvalue weighted by atomic mass is 9.91. The Morgan fingerprint density at radius 2 is 0.590 bits per heavy atom. The number of rotatable bonds is 56. The predicted molar refractivity (Wildman–Crippen MR) is 375 cm³/mol. The summed E-state index contributed by atoms with van der Waals surface area (Å²) in [5.41, 5.74) is 4.05. The minimum Gasteiger partial charge on any atom is -0.375 e. The van der Waals surface area contributed by atoms with E-state index in [2.05, 4.69) is 0 Å². The quantitative estimate of drug-likeness (QED) is 0.0350. The van der Waals surface area contributed by atoms with Gasteiger partial charge in [-0.3, -0.25) is 0 Å². The molecule has 1 aliphatic rings. The summed E-state index contributed by atoms with van der Waals surface area (Å²) in [4.78, 5) is 0. The van der Waals surface area contributed by atoms with Gasteiger partial charge in [0.05, 0.1) is 90.8 Å². The molecule has 21 atom stereocenters. The van der Waals surface area contributed by atoms with Crippen LogP contribution in [0, 0.1) is 29.1 Å². The lowest BCUT2D eigenvalue weighted by Crippen LogP contribution is -2.44. The third-order valence-electron chi connectivity index (χ3n) is 16.5. The Bertz CT molecular complexity index is 2650. The number of aliphatic hydroxyl groups is 14. The zero-order valence-corrected chi connectivity index (χ0v) is 62.7. The Hall–Kier alpha value is -4.10. The molecule has 0 saturated heterocycles. The summed E-state index contributed by atoms with van der Waals surface area (Å²) in [6.45, 7) is 16.8. The fourth-order valence-electron chi connectivity index (χ4n) is 10.2. The number of nitrogens with two attached hydrogens (primary N) is 1. The third kappa shape index (κ3) is 34.0. The molecule has 0 aliphatic heterocycles. The van der Waals surface area contributed by atoms with Gasteiger partial charge in [0.1, 0.15) is 30.6 Å². The van der Waals surface area contributed by atoms with Crippen LogP contribution in [0.5, 0.6) is 0 Å². The van der Waals surface area contributed by atoms with Crippen molar-refractivity contribution in [3.05, 3.63) is 129 Å². The maximum atomic E-state index is 12.3. The minimum absolute atomic E-state index is 0.0146. The monoisotopic (exact) mass is 1500 g/mol. The highest BCUT2D eigenvalue weighted by Gasteiger charge is 2.39. The molecule has 4 rings (SSSR count). The van der Waals surface area contributed by atoms with E-state index in [1.807, 2.05) is 20.8 Å². The molecule has 602 valence electrons. The molecule has 0 bridgehead atoms. The first-order chi connectivity index (χ1) is 49.6. The van der Waals surface area contributed by atoms with Gasteiger partial charge in [-0.1, -0.05) is 140 Å². The molecule has 1 aliphatic carbocycles. The van der Waals surface area contributed by atoms with E-state index in [0.717, 1.165) is 0 Å². The van der Waals surface area contributed by atoms with E-state index in [0.29, 0.717) is 6.42 Å². The predicted octanol–water partition coefficient (Wildman–Crippen LogP) is 4.33. The molecular formula is C74H121NO30. The highest BCUT2D eigenvalue weighted by atomic mass is 16.7. The summed E-state index contributed by atoms with van der Waals surface area (Å²) in [7, 11) is 0. The molecule has 3 aromatic rings. The van der Waals surface area contributed by atoms with Crippen LogP contribution >= 0.6 is 0 Å². The van der Waals surface area contributed by atoms with Crippen molar-refractivity contribution in [2.24, 2.45) is 34.8 Å². The van der Waals surface area contributed by atoms with Gasteiger partial charge >= 0.3 is 0 Å². The van der Waals surface area contributed by atoms with E-state index in [9.17, 15) is 71.5 Å². The molecule has 31 heteroatoms. The summed E-state index contributed by atoms with van der Waals surface area (Å²) in [6, 6.07) is 17.9. The zero-order chi connectivity index (χ0) is 78.1. The van der Waals surface area contributed by atoms with Crippen molar-refractivity contribution in [2.75, 3.05) is 79.3 Å². The van der Waals surface area contributed by atoms with Gasteiger partial charge in [0.2, 0.25) is 0 Å². The Labute approximate surface area is 616 Å². The SMILES string of the molecule is CC(N)OC(COC(O)c1ccccc1C(O)OCC(COC(O)C1=C(C(O)OCC(COC(O)C(C)C)OC(C)O)CCC=C1)(COC(O)c1ccccc1C(O)OCC(COC(O)C(C)C)OC(C)O)COC(O)c1ccccc1[C@@H](O)OCC(CO[C@@H](O)C(C)C)OC(C)O)COC(C)C(C)C. The number of ether oxygens (including phenoxy) is 16. The van der Waals surface area contributed by atoms with Gasteiger partial charge in [-0.2, -0.15) is 0 Å². The van der Waals surface area contributed by atoms with Crippen molar-refractivity contribution in [3.63, 3.8) is 0 Å². The van der Waals surface area contributed by atoms with E-state index in [1.165, 1.54) is 75.4 Å². The summed E-state index contributed by atoms with van der Waals surface area (Å²) in [5.74, 6) is -0.732. The average molecular weight is 1500 g/mol. The number of hydrogen-bond acceptors (Lipinski definition) is 31. The van der Waals surface area contributed by atoms with Crippen LogP contribution in [0.4, 0.5) is 0 Å². The van der Waals surface area contributed by atoms with Crippen LogP contribution in [0.15, 0.2) is 96.1 Å². The van der Waals surface area contributed by atoms with Gasteiger partial charge < -0.3 is 153 Å². The molecule has 3 aromatic carbocycles. The maximum Gasteiger partial charge on any atom is 0.181 e. The van der Waals surface area contributed by atoms with Crippen LogP contribution in [0.25, 0.3) is 0 Å². The van der Waals surface area contributed by atoms with Crippen molar-refractivity contribution >= 4 is 0 Å². The second-order valence-electron chi connectivity index (χ2n) is 27.4. The number of aliphatic hydroxyl groups excluding tert-OH is 14. The molecule has 0 amide bonds. The molecule has 0 radical (unpaired) electrons. The fourth-order valence-corrected chi connectivity index (χ4v) is 10.2. The lowest BCUT2D eigenvalue weighted by molar-refractivity contribution is -0.226. The van der Waals surface area contributed by atoms with Crippen LogP contribution in [0.3, 0.4) is 0 Å². The fraction of sp³-hybridized carbons (Fsp3) is 0.703. The van der Waals surface area contributed by atoms with Gasteiger partial charge in [0.25, 0.3) is 0 Å². The molecule has 0 heterocycles. The molecule has 0 fully saturated rings. The molecule has 31 nitrogen and oxygen atoms in total. The highest BCUT2D eigenvalue weighted by molar-refractivity contribution is 5.34. The van der Waals surface area contributed by atoms with Crippen LogP contribution in [0.2, 0.25) is 0 Å². The van der Waals surface area contributed by atoms with E-state index >= 15 is 0 Å². The largest absolute Gasteiger partial charge is 0.375 e. The normalized spacial score (nSPS) is 19.6. The second-order valence-corrected chi connectivity index (χ2v) is 27.4. The number of allylic oxidation sites excluding steroid dienone is 1. The molecule has 0 saturated carbocycles. The molecular weight excluding hydrogens is 1380 g/mol. The summed E-state index contributed by atoms with van der Waals surface area (Å²) in [6.07, 6.45) is -23.5. The Balaban J connectivity index is 1.86. The highest BCUT2D eigenvalue weighted by Crippen LogP contribution is 2.36. The smallest absolute Gasteiger partial charge is 0.181 e. The minimum atomic E-state index is -1.99. The van der Waals surface area contributed by atoms with E-state index in [1.54, 1.807) is 78.8 Å². The van der Waals surface area contributed by atoms with Crippen molar-refractivity contribution in [2.45, 2.75) is 228 Å². The van der Waals surface area contributed by atoms with Crippen LogP contribution in [-0.4, -0.2) is 238 Å². The van der Waals surface area contributed by atoms with Crippen molar-refractivity contribution < 1.29 is 147 Å². The maximum absolute atomic E-state index is 12.3. The van der Waals surface area contributed by atoms with Gasteiger partial charge in [-0.05, 0) is 59.0 Å². The Kier molecular flexibility index (Phi) is 43.1. The first-order valence-corrected chi connectivity index (χ1v) is 35.6. The zero-order valence-electron chi connectivity index (χ0n) is 62.7. The van der Waals surface area contributed by atoms with Crippen LogP contribution in [0.1, 0.15) is 174 Å². The average Bonchev–Trinajstić information content (AvgIpc) is 0.820. The van der Waals surface area contributed by atoms with Crippen molar-refractivity contribution in [3.8, 4) is 0 Å². The van der Waals surface area contributed by atoms with E-state index in [-0.39, 0.29) is 120 Å². The van der Waals surface area contributed by atoms with Gasteiger partial charge in [0.15, 0.2) is 88.1 Å². The first kappa shape index (κ1) is 93.3. The van der Waals surface area contributed by atoms with Gasteiger partial charge in [-0.15, -0.1) is 0 Å². The number of hydrogen-bond donors (Lipinski definition) is 15. The van der Waals surface area contributed by atoms with Gasteiger partial charge in [-0.25, -0.2) is 0 Å². The summed E-state index contributed by atoms with van der Waals surface area (Å²) in [5, 5.41) is 157. The standard InChI is InChI=1S/C74H121NO30/c1-42(2)46(9)90-30-51(102-47(10)75)31-94-66(82)55-22-14-18-26-59(55)70(86)98-38-74(39-99-71(87)60-27-19-15-23-56(60)67(83)95-35-52(103-48(11)76)32-91-63(79)43(3)4,40-100-72(88)61-28-20-16-24-57(61)68(84)96-36-53(104-49(12)77)33-92-64(80)44(5)6)41-101-73(89)62-29-21-17-25-58(62)69(85)97-37-54(105-50(13)78)34-93-65(81)45(7)8/h14-16,18-24,26-29,42-54,63-73,76-89H,17,25,30-41,75H2,1-13H3/t46?,47?,48?,49?,50?,51?,52?,53?,54?,63-,64?,65?,66?,67+,68?,69?,70?,71?,72?,73?,74?/m1/s1. The second kappa shape index (κ2) is 48.5. The van der Waals surface area contributed by atoms with E-state index in [4.69, 9.17) is 81.5 Å². The third-order valence-corrected chi connectivity index (χ3v) is 16.5.